The zero-order chi connectivity index (χ0) is 32.0. The number of carbonyl (C=O) groups is 1. The average molecular weight is 651 g/mol. The maximum absolute atomic E-state index is 14.3. The monoisotopic (exact) mass is 650 g/mol. The Balaban J connectivity index is 1.51. The molecule has 0 saturated heterocycles. The van der Waals surface area contributed by atoms with E-state index in [-0.39, 0.29) is 12.2 Å². The van der Waals surface area contributed by atoms with Crippen LogP contribution in [0.4, 0.5) is 0 Å². The minimum absolute atomic E-state index is 0.177. The number of thiazole rings is 1. The van der Waals surface area contributed by atoms with Gasteiger partial charge in [0.2, 0.25) is 0 Å². The number of ether oxygens (including phenoxy) is 3. The molecule has 1 atom stereocenters. The van der Waals surface area contributed by atoms with Gasteiger partial charge in [0.05, 0.1) is 35.1 Å². The lowest BCUT2D eigenvalue weighted by atomic mass is 9.93. The lowest BCUT2D eigenvalue weighted by Crippen LogP contribution is -2.40. The molecule has 0 aliphatic carbocycles. The van der Waals surface area contributed by atoms with Crippen LogP contribution in [0.15, 0.2) is 118 Å². The van der Waals surface area contributed by atoms with Gasteiger partial charge in [0.25, 0.3) is 5.56 Å². The third kappa shape index (κ3) is 6.54. The topological polar surface area (TPSA) is 79.1 Å². The number of halogens is 1. The molecule has 0 unspecified atom stereocenters. The first kappa shape index (κ1) is 31.1. The third-order valence-electron chi connectivity index (χ3n) is 7.37. The molecule has 6 rings (SSSR count). The van der Waals surface area contributed by atoms with Gasteiger partial charge >= 0.3 is 5.97 Å². The van der Waals surface area contributed by atoms with E-state index >= 15 is 0 Å². The predicted octanol–water partition coefficient (Wildman–Crippen LogP) is 6.57. The van der Waals surface area contributed by atoms with Crippen molar-refractivity contribution in [3.63, 3.8) is 0 Å². The van der Waals surface area contributed by atoms with E-state index in [0.717, 1.165) is 22.3 Å². The summed E-state index contributed by atoms with van der Waals surface area (Å²) < 4.78 is 19.4. The molecule has 2 heterocycles. The van der Waals surface area contributed by atoms with Gasteiger partial charge < -0.3 is 14.2 Å². The van der Waals surface area contributed by atoms with E-state index in [4.69, 9.17) is 30.8 Å². The van der Waals surface area contributed by atoms with Crippen molar-refractivity contribution in [1.29, 1.82) is 0 Å². The van der Waals surface area contributed by atoms with Crippen LogP contribution in [0, 0.1) is 0 Å². The largest absolute Gasteiger partial charge is 0.494 e. The second kappa shape index (κ2) is 14.0. The lowest BCUT2D eigenvalue weighted by Gasteiger charge is -2.26. The van der Waals surface area contributed by atoms with Crippen molar-refractivity contribution in [1.82, 2.24) is 4.57 Å². The van der Waals surface area contributed by atoms with E-state index < -0.39 is 12.0 Å². The second-order valence-electron chi connectivity index (χ2n) is 10.4. The highest BCUT2D eigenvalue weighted by Gasteiger charge is 2.35. The first-order valence-electron chi connectivity index (χ1n) is 14.9. The Morgan fingerprint density at radius 2 is 1.67 bits per heavy atom. The Hall–Kier alpha value is -4.92. The van der Waals surface area contributed by atoms with Gasteiger partial charge in [-0.2, -0.15) is 0 Å². The Kier molecular flexibility index (Phi) is 9.47. The molecule has 0 bridgehead atoms. The molecular formula is C37H31ClN2O5S. The van der Waals surface area contributed by atoms with Crippen molar-refractivity contribution in [2.24, 2.45) is 4.99 Å². The summed E-state index contributed by atoms with van der Waals surface area (Å²) in [5, 5.41) is 0.634. The summed E-state index contributed by atoms with van der Waals surface area (Å²) >= 11 is 7.42. The Labute approximate surface area is 275 Å². The van der Waals surface area contributed by atoms with Crippen LogP contribution in [-0.4, -0.2) is 23.8 Å². The number of carbonyl (C=O) groups excluding carboxylic acids is 1. The van der Waals surface area contributed by atoms with Crippen LogP contribution >= 0.6 is 22.9 Å². The van der Waals surface area contributed by atoms with Crippen LogP contribution < -0.4 is 24.4 Å². The molecule has 0 spiro atoms. The number of hydrogen-bond donors (Lipinski definition) is 0. The van der Waals surface area contributed by atoms with Crippen molar-refractivity contribution < 1.29 is 19.0 Å². The van der Waals surface area contributed by atoms with Gasteiger partial charge in [0.1, 0.15) is 18.1 Å². The number of fused-ring (bicyclic) bond motifs is 1. The van der Waals surface area contributed by atoms with Crippen molar-refractivity contribution >= 4 is 40.7 Å². The minimum Gasteiger partial charge on any atom is -0.494 e. The van der Waals surface area contributed by atoms with Gasteiger partial charge in [0, 0.05) is 16.1 Å². The van der Waals surface area contributed by atoms with Crippen LogP contribution in [0.2, 0.25) is 5.02 Å². The number of nitrogens with zero attached hydrogens (tertiary/aromatic N) is 2. The zero-order valence-corrected chi connectivity index (χ0v) is 26.9. The molecule has 0 amide bonds. The molecule has 0 radical (unpaired) electrons. The van der Waals surface area contributed by atoms with Gasteiger partial charge in [-0.1, -0.05) is 95.7 Å². The van der Waals surface area contributed by atoms with Crippen LogP contribution in [0.3, 0.4) is 0 Å². The highest BCUT2D eigenvalue weighted by molar-refractivity contribution is 7.07. The Morgan fingerprint density at radius 1 is 0.913 bits per heavy atom. The number of rotatable bonds is 10. The first-order valence-corrected chi connectivity index (χ1v) is 16.1. The molecule has 1 aliphatic heterocycles. The molecule has 0 fully saturated rings. The summed E-state index contributed by atoms with van der Waals surface area (Å²) in [6.07, 6.45) is 1.81. The van der Waals surface area contributed by atoms with Gasteiger partial charge in [-0.05, 0) is 61.4 Å². The fraction of sp³-hybridized carbons (Fsp3) is 0.162. The fourth-order valence-electron chi connectivity index (χ4n) is 5.33. The molecule has 9 heteroatoms. The smallest absolute Gasteiger partial charge is 0.338 e. The molecule has 1 aromatic heterocycles. The molecular weight excluding hydrogens is 620 g/mol. The molecule has 0 saturated carbocycles. The van der Waals surface area contributed by atoms with Crippen molar-refractivity contribution in [2.45, 2.75) is 26.5 Å². The number of hydrogen-bond acceptors (Lipinski definition) is 7. The van der Waals surface area contributed by atoms with Crippen molar-refractivity contribution in [3.05, 3.63) is 156 Å². The lowest BCUT2D eigenvalue weighted by molar-refractivity contribution is -0.138. The molecule has 0 N–H and O–H groups in total. The van der Waals surface area contributed by atoms with E-state index in [9.17, 15) is 9.59 Å². The quantitative estimate of drug-likeness (QED) is 0.160. The summed E-state index contributed by atoms with van der Waals surface area (Å²) in [5.74, 6) is 0.782. The highest BCUT2D eigenvalue weighted by atomic mass is 35.5. The van der Waals surface area contributed by atoms with Crippen LogP contribution in [0.5, 0.6) is 11.5 Å². The SMILES string of the molecule is CCOC(=O)C1=C(c2ccccc2)N=c2s/c(=C\c3ccccc3OCc3cccc(Cl)c3)c(=O)n2[C@H]1c1ccc(OCC)cc1. The average Bonchev–Trinajstić information content (AvgIpc) is 3.38. The fourth-order valence-corrected chi connectivity index (χ4v) is 6.53. The van der Waals surface area contributed by atoms with Gasteiger partial charge in [-0.25, -0.2) is 9.79 Å². The molecule has 7 nitrogen and oxygen atoms in total. The number of benzene rings is 4. The van der Waals surface area contributed by atoms with Crippen LogP contribution in [0.1, 0.15) is 42.1 Å². The van der Waals surface area contributed by atoms with Crippen LogP contribution in [-0.2, 0) is 16.1 Å². The highest BCUT2D eigenvalue weighted by Crippen LogP contribution is 2.35. The second-order valence-corrected chi connectivity index (χ2v) is 11.8. The number of para-hydroxylation sites is 1. The predicted molar refractivity (Wildman–Crippen MR) is 181 cm³/mol. The van der Waals surface area contributed by atoms with Crippen molar-refractivity contribution in [3.8, 4) is 11.5 Å². The summed E-state index contributed by atoms with van der Waals surface area (Å²) in [6.45, 7) is 4.68. The molecule has 5 aromatic rings. The summed E-state index contributed by atoms with van der Waals surface area (Å²) in [7, 11) is 0. The minimum atomic E-state index is -0.780. The summed E-state index contributed by atoms with van der Waals surface area (Å²) in [4.78, 5) is 33.4. The van der Waals surface area contributed by atoms with Crippen molar-refractivity contribution in [2.75, 3.05) is 13.2 Å². The molecule has 4 aromatic carbocycles. The normalized spacial score (nSPS) is 14.4. The maximum atomic E-state index is 14.3. The van der Waals surface area contributed by atoms with E-state index in [2.05, 4.69) is 0 Å². The van der Waals surface area contributed by atoms with Crippen LogP contribution in [0.25, 0.3) is 11.8 Å². The van der Waals surface area contributed by atoms with Gasteiger partial charge in [-0.3, -0.25) is 9.36 Å². The Bertz CT molecular complexity index is 2080. The number of esters is 1. The van der Waals surface area contributed by atoms with E-state index in [1.165, 1.54) is 11.3 Å². The van der Waals surface area contributed by atoms with E-state index in [1.54, 1.807) is 11.5 Å². The van der Waals surface area contributed by atoms with E-state index in [0.29, 0.717) is 50.3 Å². The first-order chi connectivity index (χ1) is 22.5. The standard InChI is InChI=1S/C37H31ClN2O5S/c1-3-43-29-19-17-26(18-20-29)34-32(36(42)44-4-2)33(25-12-6-5-7-13-25)39-37-40(34)35(41)31(46-37)22-27-14-8-9-16-30(27)45-23-24-11-10-15-28(38)21-24/h5-22,34H,3-4,23H2,1-2H3/b31-22-/t34-/m0/s1. The zero-order valence-electron chi connectivity index (χ0n) is 25.3. The maximum Gasteiger partial charge on any atom is 0.338 e. The molecule has 46 heavy (non-hydrogen) atoms. The number of aromatic nitrogens is 1. The van der Waals surface area contributed by atoms with E-state index in [1.807, 2.05) is 116 Å². The molecule has 232 valence electrons. The van der Waals surface area contributed by atoms with Gasteiger partial charge in [-0.15, -0.1) is 0 Å². The molecule has 1 aliphatic rings. The summed E-state index contributed by atoms with van der Waals surface area (Å²) in [5.41, 5.74) is 3.63. The van der Waals surface area contributed by atoms with Gasteiger partial charge in [0.15, 0.2) is 4.80 Å². The summed E-state index contributed by atoms with van der Waals surface area (Å²) in [6, 6.07) is 31.2. The third-order valence-corrected chi connectivity index (χ3v) is 8.59. The Morgan fingerprint density at radius 3 is 2.41 bits per heavy atom.